The van der Waals surface area contributed by atoms with E-state index in [1.54, 1.807) is 0 Å². The van der Waals surface area contributed by atoms with Crippen LogP contribution >= 0.6 is 0 Å². The van der Waals surface area contributed by atoms with Crippen LogP contribution in [0, 0.1) is 0 Å². The first-order valence-electron chi connectivity index (χ1n) is 6.45. The van der Waals surface area contributed by atoms with Crippen molar-refractivity contribution in [3.05, 3.63) is 21.6 Å². The van der Waals surface area contributed by atoms with Gasteiger partial charge in [-0.1, -0.05) is 6.42 Å². The molecule has 0 aliphatic carbocycles. The van der Waals surface area contributed by atoms with E-state index in [-0.39, 0.29) is 5.56 Å². The van der Waals surface area contributed by atoms with E-state index in [1.807, 2.05) is 0 Å². The molecule has 3 N–H and O–H groups in total. The van der Waals surface area contributed by atoms with E-state index < -0.39 is 0 Å². The second kappa shape index (κ2) is 4.49. The van der Waals surface area contributed by atoms with Gasteiger partial charge in [0.1, 0.15) is 5.69 Å². The zero-order valence-electron chi connectivity index (χ0n) is 9.88. The fourth-order valence-electron chi connectivity index (χ4n) is 2.75. The second-order valence-corrected chi connectivity index (χ2v) is 4.82. The fourth-order valence-corrected chi connectivity index (χ4v) is 2.75. The molecule has 5 nitrogen and oxygen atoms in total. The van der Waals surface area contributed by atoms with Crippen LogP contribution in [0.3, 0.4) is 0 Å². The summed E-state index contributed by atoms with van der Waals surface area (Å²) in [7, 11) is 0. The summed E-state index contributed by atoms with van der Waals surface area (Å²) >= 11 is 0. The van der Waals surface area contributed by atoms with Crippen LogP contribution in [0.15, 0.2) is 4.79 Å². The molecule has 1 atom stereocenters. The van der Waals surface area contributed by atoms with Crippen molar-refractivity contribution in [3.63, 3.8) is 0 Å². The topological polar surface area (TPSA) is 69.8 Å². The Morgan fingerprint density at radius 2 is 2.12 bits per heavy atom. The smallest absolute Gasteiger partial charge is 0.269 e. The van der Waals surface area contributed by atoms with Crippen molar-refractivity contribution in [2.45, 2.75) is 38.1 Å². The van der Waals surface area contributed by atoms with Gasteiger partial charge < -0.3 is 10.6 Å². The van der Waals surface area contributed by atoms with E-state index in [2.05, 4.69) is 20.8 Å². The highest BCUT2D eigenvalue weighted by atomic mass is 16.1. The van der Waals surface area contributed by atoms with Crippen LogP contribution in [0.1, 0.15) is 43.0 Å². The molecule has 0 aromatic carbocycles. The molecule has 1 aromatic rings. The quantitative estimate of drug-likeness (QED) is 0.676. The van der Waals surface area contributed by atoms with Crippen LogP contribution in [0.2, 0.25) is 0 Å². The Balaban J connectivity index is 2.01. The van der Waals surface area contributed by atoms with Crippen molar-refractivity contribution in [1.29, 1.82) is 0 Å². The summed E-state index contributed by atoms with van der Waals surface area (Å²) in [4.78, 5) is 11.7. The molecule has 0 bridgehead atoms. The van der Waals surface area contributed by atoms with Crippen LogP contribution in [-0.4, -0.2) is 23.3 Å². The maximum Gasteiger partial charge on any atom is 0.269 e. The lowest BCUT2D eigenvalue weighted by molar-refractivity contribution is 0.402. The van der Waals surface area contributed by atoms with Gasteiger partial charge in [0.15, 0.2) is 0 Å². The average molecular weight is 234 g/mol. The van der Waals surface area contributed by atoms with Gasteiger partial charge in [-0.05, 0) is 32.2 Å². The Morgan fingerprint density at radius 3 is 2.94 bits per heavy atom. The number of anilines is 1. The van der Waals surface area contributed by atoms with E-state index in [0.29, 0.717) is 6.04 Å². The van der Waals surface area contributed by atoms with E-state index in [9.17, 15) is 4.79 Å². The summed E-state index contributed by atoms with van der Waals surface area (Å²) in [5.74, 6) is 0. The van der Waals surface area contributed by atoms with Crippen LogP contribution in [-0.2, 0) is 6.42 Å². The van der Waals surface area contributed by atoms with Gasteiger partial charge in [-0.25, -0.2) is 5.10 Å². The molecule has 5 heteroatoms. The van der Waals surface area contributed by atoms with Gasteiger partial charge >= 0.3 is 0 Å². The molecule has 2 aliphatic heterocycles. The zero-order valence-corrected chi connectivity index (χ0v) is 9.88. The Kier molecular flexibility index (Phi) is 2.84. The average Bonchev–Trinajstić information content (AvgIpc) is 2.41. The SMILES string of the molecule is O=c1[nH]nc(C2CCCCN2)c2c1CCCN2. The number of nitrogens with one attached hydrogen (secondary N) is 3. The van der Waals surface area contributed by atoms with Crippen molar-refractivity contribution in [2.24, 2.45) is 0 Å². The van der Waals surface area contributed by atoms with Gasteiger partial charge in [-0.15, -0.1) is 0 Å². The van der Waals surface area contributed by atoms with Crippen molar-refractivity contribution in [3.8, 4) is 0 Å². The van der Waals surface area contributed by atoms with Gasteiger partial charge in [0.25, 0.3) is 5.56 Å². The maximum atomic E-state index is 11.7. The molecule has 3 rings (SSSR count). The lowest BCUT2D eigenvalue weighted by Crippen LogP contribution is -2.32. The van der Waals surface area contributed by atoms with Gasteiger partial charge in [-0.2, -0.15) is 5.10 Å². The number of H-pyrrole nitrogens is 1. The molecule has 1 fully saturated rings. The summed E-state index contributed by atoms with van der Waals surface area (Å²) in [6, 6.07) is 0.292. The Bertz CT molecular complexity index is 462. The highest BCUT2D eigenvalue weighted by Crippen LogP contribution is 2.29. The minimum absolute atomic E-state index is 0.0354. The number of fused-ring (bicyclic) bond motifs is 1. The maximum absolute atomic E-state index is 11.7. The Hall–Kier alpha value is -1.36. The lowest BCUT2D eigenvalue weighted by atomic mass is 9.96. The number of rotatable bonds is 1. The molecule has 17 heavy (non-hydrogen) atoms. The first-order valence-corrected chi connectivity index (χ1v) is 6.45. The van der Waals surface area contributed by atoms with Crippen LogP contribution in [0.5, 0.6) is 0 Å². The third-order valence-electron chi connectivity index (χ3n) is 3.66. The third-order valence-corrected chi connectivity index (χ3v) is 3.66. The first-order chi connectivity index (χ1) is 8.36. The zero-order chi connectivity index (χ0) is 11.7. The molecule has 92 valence electrons. The van der Waals surface area contributed by atoms with Crippen molar-refractivity contribution >= 4 is 5.69 Å². The highest BCUT2D eigenvalue weighted by molar-refractivity contribution is 5.56. The Morgan fingerprint density at radius 1 is 1.18 bits per heavy atom. The Labute approximate surface area is 100 Å². The number of aromatic nitrogens is 2. The van der Waals surface area contributed by atoms with E-state index in [0.717, 1.165) is 49.3 Å². The summed E-state index contributed by atoms with van der Waals surface area (Å²) in [6.07, 6.45) is 5.45. The predicted octanol–water partition coefficient (Wildman–Crippen LogP) is 0.943. The molecule has 0 amide bonds. The standard InChI is InChI=1S/C12H18N4O/c17-12-8-4-3-7-14-10(8)11(15-16-12)9-5-1-2-6-13-9/h9,13-14H,1-7H2,(H,16,17). The van der Waals surface area contributed by atoms with Crippen molar-refractivity contribution < 1.29 is 0 Å². The van der Waals surface area contributed by atoms with Gasteiger partial charge in [0.2, 0.25) is 0 Å². The summed E-state index contributed by atoms with van der Waals surface area (Å²) < 4.78 is 0. The third kappa shape index (κ3) is 1.95. The molecule has 1 unspecified atom stereocenters. The monoisotopic (exact) mass is 234 g/mol. The predicted molar refractivity (Wildman–Crippen MR) is 66.3 cm³/mol. The van der Waals surface area contributed by atoms with Gasteiger partial charge in [0.05, 0.1) is 11.7 Å². The van der Waals surface area contributed by atoms with E-state index in [4.69, 9.17) is 0 Å². The van der Waals surface area contributed by atoms with Crippen molar-refractivity contribution in [1.82, 2.24) is 15.5 Å². The molecule has 1 aromatic heterocycles. The lowest BCUT2D eigenvalue weighted by Gasteiger charge is -2.27. The first kappa shape index (κ1) is 10.8. The van der Waals surface area contributed by atoms with E-state index in [1.165, 1.54) is 12.8 Å². The van der Waals surface area contributed by atoms with Crippen LogP contribution in [0.4, 0.5) is 5.69 Å². The molecule has 0 saturated carbocycles. The normalized spacial score (nSPS) is 23.9. The molecular weight excluding hydrogens is 216 g/mol. The minimum Gasteiger partial charge on any atom is -0.383 e. The molecule has 2 aliphatic rings. The van der Waals surface area contributed by atoms with Crippen LogP contribution in [0.25, 0.3) is 0 Å². The van der Waals surface area contributed by atoms with E-state index >= 15 is 0 Å². The number of aromatic amines is 1. The fraction of sp³-hybridized carbons (Fsp3) is 0.667. The molecule has 3 heterocycles. The number of hydrogen-bond donors (Lipinski definition) is 3. The van der Waals surface area contributed by atoms with Gasteiger partial charge in [-0.3, -0.25) is 4.79 Å². The molecule has 0 spiro atoms. The summed E-state index contributed by atoms with van der Waals surface area (Å²) in [5.41, 5.74) is 2.83. The summed E-state index contributed by atoms with van der Waals surface area (Å²) in [5, 5.41) is 13.7. The number of hydrogen-bond acceptors (Lipinski definition) is 4. The van der Waals surface area contributed by atoms with Crippen LogP contribution < -0.4 is 16.2 Å². The minimum atomic E-state index is -0.0354. The molecule has 1 saturated heterocycles. The number of nitrogens with zero attached hydrogens (tertiary/aromatic N) is 1. The molecule has 0 radical (unpaired) electrons. The highest BCUT2D eigenvalue weighted by Gasteiger charge is 2.24. The van der Waals surface area contributed by atoms with Crippen molar-refractivity contribution in [2.75, 3.05) is 18.4 Å². The summed E-state index contributed by atoms with van der Waals surface area (Å²) in [6.45, 7) is 1.98. The molecular formula is C12H18N4O. The van der Waals surface area contributed by atoms with Gasteiger partial charge in [0, 0.05) is 12.1 Å². The number of piperidine rings is 1. The second-order valence-electron chi connectivity index (χ2n) is 4.82. The largest absolute Gasteiger partial charge is 0.383 e.